The first kappa shape index (κ1) is 17.6. The smallest absolute Gasteiger partial charge is 0.197 e. The highest BCUT2D eigenvalue weighted by Gasteiger charge is 2.21. The molecule has 0 amide bonds. The Hall–Kier alpha value is -2.79. The van der Waals surface area contributed by atoms with Gasteiger partial charge in [-0.3, -0.25) is 9.69 Å². The van der Waals surface area contributed by atoms with Crippen molar-refractivity contribution in [3.63, 3.8) is 0 Å². The first-order valence-corrected chi connectivity index (χ1v) is 9.45. The van der Waals surface area contributed by atoms with Crippen molar-refractivity contribution in [3.05, 3.63) is 70.6 Å². The quantitative estimate of drug-likeness (QED) is 0.693. The SMILES string of the molecule is CCOc1ccccc1N1CCN(Cc2coc3ccccc3c2=O)CC1. The number of rotatable bonds is 5. The Morgan fingerprint density at radius 3 is 2.56 bits per heavy atom. The minimum atomic E-state index is 0.0703. The number of benzene rings is 2. The molecule has 0 atom stereocenters. The van der Waals surface area contributed by atoms with Crippen LogP contribution in [0.4, 0.5) is 5.69 Å². The van der Waals surface area contributed by atoms with E-state index in [2.05, 4.69) is 15.9 Å². The molecular weight excluding hydrogens is 340 g/mol. The molecule has 1 aromatic heterocycles. The highest BCUT2D eigenvalue weighted by Crippen LogP contribution is 2.29. The predicted octanol–water partition coefficient (Wildman–Crippen LogP) is 3.51. The van der Waals surface area contributed by atoms with Gasteiger partial charge in [0.1, 0.15) is 11.3 Å². The molecule has 3 aromatic rings. The molecule has 0 N–H and O–H groups in total. The largest absolute Gasteiger partial charge is 0.492 e. The van der Waals surface area contributed by atoms with E-state index in [9.17, 15) is 4.79 Å². The van der Waals surface area contributed by atoms with Gasteiger partial charge in [-0.05, 0) is 31.2 Å². The van der Waals surface area contributed by atoms with Gasteiger partial charge in [-0.25, -0.2) is 0 Å². The summed E-state index contributed by atoms with van der Waals surface area (Å²) >= 11 is 0. The Kier molecular flexibility index (Phi) is 5.12. The second-order valence-electron chi connectivity index (χ2n) is 6.75. The van der Waals surface area contributed by atoms with Crippen LogP contribution >= 0.6 is 0 Å². The van der Waals surface area contributed by atoms with Crippen molar-refractivity contribution in [1.29, 1.82) is 0 Å². The molecule has 0 spiro atoms. The molecule has 5 nitrogen and oxygen atoms in total. The van der Waals surface area contributed by atoms with Gasteiger partial charge in [0.25, 0.3) is 0 Å². The highest BCUT2D eigenvalue weighted by molar-refractivity contribution is 5.76. The van der Waals surface area contributed by atoms with Crippen LogP contribution in [0.2, 0.25) is 0 Å². The van der Waals surface area contributed by atoms with E-state index >= 15 is 0 Å². The number of nitrogens with zero attached hydrogens (tertiary/aromatic N) is 2. The average Bonchev–Trinajstić information content (AvgIpc) is 2.72. The van der Waals surface area contributed by atoms with E-state index in [0.717, 1.165) is 43.2 Å². The molecule has 1 fully saturated rings. The van der Waals surface area contributed by atoms with Crippen molar-refractivity contribution in [2.24, 2.45) is 0 Å². The average molecular weight is 364 g/mol. The summed E-state index contributed by atoms with van der Waals surface area (Å²) in [6.45, 7) is 6.89. The van der Waals surface area contributed by atoms with Crippen LogP contribution in [0, 0.1) is 0 Å². The molecule has 2 aromatic carbocycles. The van der Waals surface area contributed by atoms with Crippen molar-refractivity contribution in [3.8, 4) is 5.75 Å². The summed E-state index contributed by atoms with van der Waals surface area (Å²) < 4.78 is 11.4. The Morgan fingerprint density at radius 2 is 1.74 bits per heavy atom. The molecule has 0 saturated carbocycles. The zero-order valence-electron chi connectivity index (χ0n) is 15.6. The molecule has 2 heterocycles. The minimum Gasteiger partial charge on any atom is -0.492 e. The summed E-state index contributed by atoms with van der Waals surface area (Å²) in [6.07, 6.45) is 1.61. The van der Waals surface area contributed by atoms with Gasteiger partial charge in [0.15, 0.2) is 5.43 Å². The molecule has 4 rings (SSSR count). The molecule has 0 bridgehead atoms. The van der Waals surface area contributed by atoms with Crippen LogP contribution in [0.25, 0.3) is 11.0 Å². The standard InChI is InChI=1S/C22H24N2O3/c1-2-26-21-10-6-4-8-19(21)24-13-11-23(12-14-24)15-17-16-27-20-9-5-3-7-18(20)22(17)25/h3-10,16H,2,11-15H2,1H3. The van der Waals surface area contributed by atoms with Crippen molar-refractivity contribution < 1.29 is 9.15 Å². The molecule has 1 aliphatic heterocycles. The Bertz CT molecular complexity index is 974. The Labute approximate surface area is 158 Å². The lowest BCUT2D eigenvalue weighted by Gasteiger charge is -2.36. The van der Waals surface area contributed by atoms with Crippen molar-refractivity contribution in [1.82, 2.24) is 4.90 Å². The summed E-state index contributed by atoms with van der Waals surface area (Å²) in [6, 6.07) is 15.6. The number of hydrogen-bond donors (Lipinski definition) is 0. The lowest BCUT2D eigenvalue weighted by molar-refractivity contribution is 0.246. The number of piperazine rings is 1. The maximum Gasteiger partial charge on any atom is 0.197 e. The van der Waals surface area contributed by atoms with Crippen LogP contribution in [0.5, 0.6) is 5.75 Å². The second kappa shape index (κ2) is 7.84. The van der Waals surface area contributed by atoms with Crippen LogP contribution in [0.3, 0.4) is 0 Å². The minimum absolute atomic E-state index is 0.0703. The fraction of sp³-hybridized carbons (Fsp3) is 0.318. The first-order chi connectivity index (χ1) is 13.3. The van der Waals surface area contributed by atoms with E-state index in [1.165, 1.54) is 0 Å². The van der Waals surface area contributed by atoms with E-state index < -0.39 is 0 Å². The van der Waals surface area contributed by atoms with Gasteiger partial charge in [0.2, 0.25) is 0 Å². The maximum atomic E-state index is 12.7. The van der Waals surface area contributed by atoms with E-state index in [-0.39, 0.29) is 5.43 Å². The zero-order valence-corrected chi connectivity index (χ0v) is 15.6. The highest BCUT2D eigenvalue weighted by atomic mass is 16.5. The third-order valence-corrected chi connectivity index (χ3v) is 5.02. The zero-order chi connectivity index (χ0) is 18.6. The summed E-state index contributed by atoms with van der Waals surface area (Å²) in [5, 5.41) is 0.652. The number of hydrogen-bond acceptors (Lipinski definition) is 5. The number of anilines is 1. The molecule has 0 aliphatic carbocycles. The molecule has 0 unspecified atom stereocenters. The van der Waals surface area contributed by atoms with Gasteiger partial charge in [0, 0.05) is 38.3 Å². The number of para-hydroxylation sites is 3. The topological polar surface area (TPSA) is 45.9 Å². The predicted molar refractivity (Wildman–Crippen MR) is 108 cm³/mol. The van der Waals surface area contributed by atoms with Gasteiger partial charge in [-0.15, -0.1) is 0 Å². The fourth-order valence-electron chi connectivity index (χ4n) is 3.61. The van der Waals surface area contributed by atoms with E-state index in [0.29, 0.717) is 24.1 Å². The molecule has 0 radical (unpaired) electrons. The van der Waals surface area contributed by atoms with Gasteiger partial charge in [0.05, 0.1) is 23.9 Å². The fourth-order valence-corrected chi connectivity index (χ4v) is 3.61. The van der Waals surface area contributed by atoms with Gasteiger partial charge < -0.3 is 14.1 Å². The van der Waals surface area contributed by atoms with Gasteiger partial charge >= 0.3 is 0 Å². The van der Waals surface area contributed by atoms with Crippen molar-refractivity contribution in [2.45, 2.75) is 13.5 Å². The van der Waals surface area contributed by atoms with Gasteiger partial charge in [-0.2, -0.15) is 0 Å². The number of ether oxygens (including phenoxy) is 1. The number of fused-ring (bicyclic) bond motifs is 1. The lowest BCUT2D eigenvalue weighted by atomic mass is 10.1. The Balaban J connectivity index is 1.45. The summed E-state index contributed by atoms with van der Waals surface area (Å²) in [5.41, 5.74) is 2.57. The van der Waals surface area contributed by atoms with Crippen molar-refractivity contribution >= 4 is 16.7 Å². The molecule has 27 heavy (non-hydrogen) atoms. The monoisotopic (exact) mass is 364 g/mol. The molecular formula is C22H24N2O3. The summed E-state index contributed by atoms with van der Waals surface area (Å²) in [5.74, 6) is 0.934. The van der Waals surface area contributed by atoms with Crippen LogP contribution in [-0.4, -0.2) is 37.7 Å². The van der Waals surface area contributed by atoms with E-state index in [4.69, 9.17) is 9.15 Å². The van der Waals surface area contributed by atoms with Crippen LogP contribution in [-0.2, 0) is 6.54 Å². The van der Waals surface area contributed by atoms with Crippen LogP contribution < -0.4 is 15.1 Å². The second-order valence-corrected chi connectivity index (χ2v) is 6.75. The van der Waals surface area contributed by atoms with Gasteiger partial charge in [-0.1, -0.05) is 24.3 Å². The maximum absolute atomic E-state index is 12.7. The normalized spacial score (nSPS) is 15.2. The van der Waals surface area contributed by atoms with Crippen LogP contribution in [0.1, 0.15) is 12.5 Å². The van der Waals surface area contributed by atoms with Crippen LogP contribution in [0.15, 0.2) is 64.0 Å². The van der Waals surface area contributed by atoms with Crippen molar-refractivity contribution in [2.75, 3.05) is 37.7 Å². The first-order valence-electron chi connectivity index (χ1n) is 9.45. The van der Waals surface area contributed by atoms with E-state index in [1.54, 1.807) is 6.26 Å². The summed E-state index contributed by atoms with van der Waals surface area (Å²) in [4.78, 5) is 17.3. The Morgan fingerprint density at radius 1 is 1.00 bits per heavy atom. The summed E-state index contributed by atoms with van der Waals surface area (Å²) in [7, 11) is 0. The van der Waals surface area contributed by atoms with E-state index in [1.807, 2.05) is 49.4 Å². The lowest BCUT2D eigenvalue weighted by Crippen LogP contribution is -2.46. The molecule has 140 valence electrons. The third kappa shape index (κ3) is 3.69. The molecule has 1 saturated heterocycles. The molecule has 5 heteroatoms. The third-order valence-electron chi connectivity index (χ3n) is 5.02. The molecule has 1 aliphatic rings.